The summed E-state index contributed by atoms with van der Waals surface area (Å²) in [5, 5.41) is 13.9. The number of thioether (sulfide) groups is 1. The molecule has 0 unspecified atom stereocenters. The second-order valence-electron chi connectivity index (χ2n) is 5.25. The van der Waals surface area contributed by atoms with Crippen LogP contribution in [0.3, 0.4) is 0 Å². The van der Waals surface area contributed by atoms with Crippen molar-refractivity contribution in [1.82, 2.24) is 0 Å². The van der Waals surface area contributed by atoms with Crippen molar-refractivity contribution in [3.8, 4) is 0 Å². The third-order valence-corrected chi connectivity index (χ3v) is 4.44. The Hall–Kier alpha value is -2.58. The number of benzene rings is 2. The van der Waals surface area contributed by atoms with Crippen molar-refractivity contribution in [2.24, 2.45) is 0 Å². The molecule has 0 saturated carbocycles. The highest BCUT2D eigenvalue weighted by molar-refractivity contribution is 7.98. The summed E-state index contributed by atoms with van der Waals surface area (Å²) < 4.78 is 4.91. The molecule has 0 aliphatic heterocycles. The van der Waals surface area contributed by atoms with Gasteiger partial charge in [-0.3, -0.25) is 14.9 Å². The summed E-state index contributed by atoms with van der Waals surface area (Å²) in [6.45, 7) is 1.32. The van der Waals surface area contributed by atoms with E-state index in [2.05, 4.69) is 5.32 Å². The van der Waals surface area contributed by atoms with Crippen LogP contribution < -0.4 is 5.32 Å². The topological polar surface area (TPSA) is 98.5 Å². The SMILES string of the molecule is CSc1ccc(C(=O)OCC(=O)Nc2ccc(C)cc2Cl)cc1[N+](=O)[O-]. The van der Waals surface area contributed by atoms with Crippen LogP contribution in [0.4, 0.5) is 11.4 Å². The molecule has 136 valence electrons. The molecule has 1 amide bonds. The molecule has 0 aliphatic rings. The molecule has 0 radical (unpaired) electrons. The molecule has 7 nitrogen and oxygen atoms in total. The number of hydrogen-bond acceptors (Lipinski definition) is 6. The molecule has 2 aromatic rings. The zero-order valence-corrected chi connectivity index (χ0v) is 15.5. The summed E-state index contributed by atoms with van der Waals surface area (Å²) in [5.41, 5.74) is 1.14. The van der Waals surface area contributed by atoms with Crippen LogP contribution in [-0.2, 0) is 9.53 Å². The molecule has 0 aliphatic carbocycles. The number of aryl methyl sites for hydroxylation is 1. The minimum Gasteiger partial charge on any atom is -0.452 e. The zero-order chi connectivity index (χ0) is 19.3. The summed E-state index contributed by atoms with van der Waals surface area (Å²) in [6.07, 6.45) is 1.70. The maximum atomic E-state index is 12.0. The van der Waals surface area contributed by atoms with Crippen molar-refractivity contribution >= 4 is 46.6 Å². The van der Waals surface area contributed by atoms with Crippen molar-refractivity contribution in [2.75, 3.05) is 18.2 Å². The molecule has 2 aromatic carbocycles. The highest BCUT2D eigenvalue weighted by Crippen LogP contribution is 2.28. The first kappa shape index (κ1) is 19.7. The smallest absolute Gasteiger partial charge is 0.338 e. The van der Waals surface area contributed by atoms with Crippen molar-refractivity contribution < 1.29 is 19.2 Å². The van der Waals surface area contributed by atoms with Crippen LogP contribution >= 0.6 is 23.4 Å². The number of halogens is 1. The number of nitro benzene ring substituents is 1. The molecule has 0 bridgehead atoms. The third kappa shape index (κ3) is 4.96. The number of hydrogen-bond donors (Lipinski definition) is 1. The van der Waals surface area contributed by atoms with E-state index in [9.17, 15) is 19.7 Å². The van der Waals surface area contributed by atoms with E-state index in [1.165, 1.54) is 23.9 Å². The van der Waals surface area contributed by atoms with E-state index in [-0.39, 0.29) is 11.3 Å². The molecule has 1 N–H and O–H groups in total. The molecular formula is C17H15ClN2O5S. The second kappa shape index (κ2) is 8.68. The number of anilines is 1. The average Bonchev–Trinajstić information content (AvgIpc) is 2.61. The number of carbonyl (C=O) groups is 2. The minimum atomic E-state index is -0.828. The number of nitrogens with zero attached hydrogens (tertiary/aromatic N) is 1. The minimum absolute atomic E-state index is 0.00401. The molecule has 2 rings (SSSR count). The van der Waals surface area contributed by atoms with E-state index >= 15 is 0 Å². The Morgan fingerprint density at radius 1 is 1.27 bits per heavy atom. The Bertz CT molecular complexity index is 872. The van der Waals surface area contributed by atoms with Crippen LogP contribution in [0.15, 0.2) is 41.3 Å². The van der Waals surface area contributed by atoms with Gasteiger partial charge in [-0.25, -0.2) is 4.79 Å². The predicted molar refractivity (Wildman–Crippen MR) is 100.0 cm³/mol. The van der Waals surface area contributed by atoms with Crippen LogP contribution in [-0.4, -0.2) is 29.7 Å². The highest BCUT2D eigenvalue weighted by Gasteiger charge is 2.18. The molecule has 0 atom stereocenters. The highest BCUT2D eigenvalue weighted by atomic mass is 35.5. The first-order chi connectivity index (χ1) is 12.3. The lowest BCUT2D eigenvalue weighted by Crippen LogP contribution is -2.21. The molecule has 26 heavy (non-hydrogen) atoms. The fourth-order valence-corrected chi connectivity index (χ4v) is 2.91. The quantitative estimate of drug-likeness (QED) is 0.343. The van der Waals surface area contributed by atoms with Crippen LogP contribution in [0.2, 0.25) is 5.02 Å². The van der Waals surface area contributed by atoms with Gasteiger partial charge in [-0.2, -0.15) is 0 Å². The van der Waals surface area contributed by atoms with Gasteiger partial charge in [0.05, 0.1) is 26.1 Å². The van der Waals surface area contributed by atoms with Crippen LogP contribution in [0, 0.1) is 17.0 Å². The third-order valence-electron chi connectivity index (χ3n) is 3.34. The molecule has 0 saturated heterocycles. The Labute approximate surface area is 158 Å². The van der Waals surface area contributed by atoms with Crippen LogP contribution in [0.25, 0.3) is 0 Å². The van der Waals surface area contributed by atoms with E-state index < -0.39 is 23.4 Å². The maximum Gasteiger partial charge on any atom is 0.338 e. The Morgan fingerprint density at radius 3 is 2.62 bits per heavy atom. The van der Waals surface area contributed by atoms with Gasteiger partial charge in [0.25, 0.3) is 11.6 Å². The Balaban J connectivity index is 2.00. The predicted octanol–water partition coefficient (Wildman–Crippen LogP) is 4.07. The second-order valence-corrected chi connectivity index (χ2v) is 6.51. The van der Waals surface area contributed by atoms with Crippen molar-refractivity contribution in [1.29, 1.82) is 0 Å². The van der Waals surface area contributed by atoms with Gasteiger partial charge in [0, 0.05) is 6.07 Å². The Kier molecular flexibility index (Phi) is 6.59. The van der Waals surface area contributed by atoms with Gasteiger partial charge in [-0.05, 0) is 43.0 Å². The number of esters is 1. The Morgan fingerprint density at radius 2 is 2.00 bits per heavy atom. The normalized spacial score (nSPS) is 10.3. The van der Waals surface area contributed by atoms with Gasteiger partial charge in [0.1, 0.15) is 0 Å². The summed E-state index contributed by atoms with van der Waals surface area (Å²) in [7, 11) is 0. The summed E-state index contributed by atoms with van der Waals surface area (Å²) >= 11 is 7.22. The van der Waals surface area contributed by atoms with E-state index in [0.717, 1.165) is 11.6 Å². The van der Waals surface area contributed by atoms with Gasteiger partial charge >= 0.3 is 5.97 Å². The van der Waals surface area contributed by atoms with E-state index in [4.69, 9.17) is 16.3 Å². The van der Waals surface area contributed by atoms with E-state index in [1.54, 1.807) is 24.5 Å². The van der Waals surface area contributed by atoms with Gasteiger partial charge in [-0.1, -0.05) is 17.7 Å². The maximum absolute atomic E-state index is 12.0. The van der Waals surface area contributed by atoms with Crippen molar-refractivity contribution in [2.45, 2.75) is 11.8 Å². The monoisotopic (exact) mass is 394 g/mol. The van der Waals surface area contributed by atoms with Crippen LogP contribution in [0.5, 0.6) is 0 Å². The first-order valence-electron chi connectivity index (χ1n) is 7.37. The largest absolute Gasteiger partial charge is 0.452 e. The standard InChI is InChI=1S/C17H15ClN2O5S/c1-10-3-5-13(12(18)7-10)19-16(21)9-25-17(22)11-4-6-15(26-2)14(8-11)20(23)24/h3-8H,9H2,1-2H3,(H,19,21). The summed E-state index contributed by atoms with van der Waals surface area (Å²) in [6, 6.07) is 9.11. The van der Waals surface area contributed by atoms with Gasteiger partial charge in [0.2, 0.25) is 0 Å². The van der Waals surface area contributed by atoms with E-state index in [1.807, 2.05) is 6.92 Å². The lowest BCUT2D eigenvalue weighted by atomic mass is 10.2. The van der Waals surface area contributed by atoms with Gasteiger partial charge in [-0.15, -0.1) is 11.8 Å². The van der Waals surface area contributed by atoms with Gasteiger partial charge in [0.15, 0.2) is 6.61 Å². The fraction of sp³-hybridized carbons (Fsp3) is 0.176. The number of nitrogens with one attached hydrogen (secondary N) is 1. The molecule has 0 heterocycles. The molecule has 9 heteroatoms. The first-order valence-corrected chi connectivity index (χ1v) is 8.97. The number of rotatable bonds is 6. The van der Waals surface area contributed by atoms with Crippen molar-refractivity contribution in [3.63, 3.8) is 0 Å². The average molecular weight is 395 g/mol. The molecule has 0 fully saturated rings. The number of amides is 1. The zero-order valence-electron chi connectivity index (χ0n) is 13.9. The van der Waals surface area contributed by atoms with Gasteiger partial charge < -0.3 is 10.1 Å². The summed E-state index contributed by atoms with van der Waals surface area (Å²) in [5.74, 6) is -1.40. The number of carbonyl (C=O) groups excluding carboxylic acids is 2. The number of nitro groups is 1. The van der Waals surface area contributed by atoms with E-state index in [0.29, 0.717) is 15.6 Å². The number of ether oxygens (including phenoxy) is 1. The van der Waals surface area contributed by atoms with Crippen molar-refractivity contribution in [3.05, 3.63) is 62.7 Å². The van der Waals surface area contributed by atoms with Crippen LogP contribution in [0.1, 0.15) is 15.9 Å². The lowest BCUT2D eigenvalue weighted by molar-refractivity contribution is -0.387. The summed E-state index contributed by atoms with van der Waals surface area (Å²) in [4.78, 5) is 34.8. The molecule has 0 aromatic heterocycles. The fourth-order valence-electron chi connectivity index (χ4n) is 2.08. The molecule has 0 spiro atoms. The lowest BCUT2D eigenvalue weighted by Gasteiger charge is -2.09. The molecular weight excluding hydrogens is 380 g/mol.